The monoisotopic (exact) mass is 357 g/mol. The van der Waals surface area contributed by atoms with Gasteiger partial charge in [0, 0.05) is 12.7 Å². The molecule has 2 heterocycles. The molecule has 0 unspecified atom stereocenters. The fraction of sp³-hybridized carbons (Fsp3) is 0.111. The van der Waals surface area contributed by atoms with E-state index in [2.05, 4.69) is 19.8 Å². The van der Waals surface area contributed by atoms with Crippen LogP contribution in [0.4, 0.5) is 14.5 Å². The third kappa shape index (κ3) is 2.97. The maximum absolute atomic E-state index is 13.1. The number of halogens is 2. The summed E-state index contributed by atoms with van der Waals surface area (Å²) in [5.74, 6) is -0.153. The standard InChI is InChI=1S/C18H13F2N3O3/c1-23(12-5-3-2-4-6-12)17-21-13(16(24)22-17)9-11-7-8-14-15(10-11)26-18(19,20)25-14/h2-10H,1H3,(H,21,22,24)/b13-9-. The van der Waals surface area contributed by atoms with Crippen molar-refractivity contribution in [3.05, 3.63) is 59.8 Å². The molecule has 132 valence electrons. The van der Waals surface area contributed by atoms with E-state index in [0.717, 1.165) is 5.69 Å². The Morgan fingerprint density at radius 1 is 1.12 bits per heavy atom. The number of carbonyl (C=O) groups excluding carboxylic acids is 1. The van der Waals surface area contributed by atoms with E-state index in [4.69, 9.17) is 0 Å². The molecule has 0 spiro atoms. The zero-order valence-corrected chi connectivity index (χ0v) is 13.6. The van der Waals surface area contributed by atoms with Crippen LogP contribution in [0, 0.1) is 0 Å². The molecule has 0 fully saturated rings. The van der Waals surface area contributed by atoms with Crippen LogP contribution in [0.15, 0.2) is 59.2 Å². The van der Waals surface area contributed by atoms with Gasteiger partial charge in [-0.1, -0.05) is 24.3 Å². The summed E-state index contributed by atoms with van der Waals surface area (Å²) in [6.45, 7) is 0. The minimum Gasteiger partial charge on any atom is -0.395 e. The van der Waals surface area contributed by atoms with E-state index in [1.807, 2.05) is 30.3 Å². The molecule has 0 saturated carbocycles. The molecule has 26 heavy (non-hydrogen) atoms. The van der Waals surface area contributed by atoms with Crippen molar-refractivity contribution in [3.63, 3.8) is 0 Å². The summed E-state index contributed by atoms with van der Waals surface area (Å²) in [5, 5.41) is 2.68. The molecule has 0 saturated heterocycles. The SMILES string of the molecule is CN(C1=N/C(=C\c2ccc3c(c2)OC(F)(F)O3)C(=O)N1)c1ccccc1. The Hall–Kier alpha value is -3.42. The van der Waals surface area contributed by atoms with Crippen molar-refractivity contribution in [3.8, 4) is 11.5 Å². The molecule has 1 N–H and O–H groups in total. The lowest BCUT2D eigenvalue weighted by Crippen LogP contribution is -2.37. The Morgan fingerprint density at radius 3 is 2.62 bits per heavy atom. The van der Waals surface area contributed by atoms with Gasteiger partial charge in [0.15, 0.2) is 11.5 Å². The smallest absolute Gasteiger partial charge is 0.395 e. The van der Waals surface area contributed by atoms with E-state index in [0.29, 0.717) is 11.5 Å². The van der Waals surface area contributed by atoms with Gasteiger partial charge in [-0.3, -0.25) is 10.1 Å². The zero-order chi connectivity index (χ0) is 18.3. The van der Waals surface area contributed by atoms with E-state index in [1.54, 1.807) is 11.9 Å². The van der Waals surface area contributed by atoms with E-state index >= 15 is 0 Å². The predicted octanol–water partition coefficient (Wildman–Crippen LogP) is 2.97. The van der Waals surface area contributed by atoms with Crippen LogP contribution in [-0.4, -0.2) is 25.2 Å². The number of hydrogen-bond acceptors (Lipinski definition) is 5. The van der Waals surface area contributed by atoms with Crippen molar-refractivity contribution >= 4 is 23.6 Å². The summed E-state index contributed by atoms with van der Waals surface area (Å²) < 4.78 is 34.9. The van der Waals surface area contributed by atoms with Crippen LogP contribution in [0.2, 0.25) is 0 Å². The van der Waals surface area contributed by atoms with Crippen LogP contribution in [0.3, 0.4) is 0 Å². The number of para-hydroxylation sites is 1. The number of amides is 1. The molecule has 4 rings (SSSR count). The topological polar surface area (TPSA) is 63.2 Å². The highest BCUT2D eigenvalue weighted by Gasteiger charge is 2.43. The third-order valence-corrected chi connectivity index (χ3v) is 3.87. The van der Waals surface area contributed by atoms with Crippen LogP contribution >= 0.6 is 0 Å². The van der Waals surface area contributed by atoms with Crippen molar-refractivity contribution in [2.75, 3.05) is 11.9 Å². The predicted molar refractivity (Wildman–Crippen MR) is 91.0 cm³/mol. The third-order valence-electron chi connectivity index (χ3n) is 3.87. The quantitative estimate of drug-likeness (QED) is 0.840. The summed E-state index contributed by atoms with van der Waals surface area (Å²) in [7, 11) is 1.78. The summed E-state index contributed by atoms with van der Waals surface area (Å²) >= 11 is 0. The normalized spacial score (nSPS) is 18.7. The lowest BCUT2D eigenvalue weighted by Gasteiger charge is -2.17. The second-order valence-electron chi connectivity index (χ2n) is 5.69. The number of aliphatic imine (C=N–C) groups is 1. The first-order valence-electron chi connectivity index (χ1n) is 7.72. The number of guanidine groups is 1. The maximum Gasteiger partial charge on any atom is 0.586 e. The number of anilines is 1. The van der Waals surface area contributed by atoms with Crippen molar-refractivity contribution in [1.82, 2.24) is 5.32 Å². The molecule has 6 nitrogen and oxygen atoms in total. The fourth-order valence-corrected chi connectivity index (χ4v) is 2.60. The van der Waals surface area contributed by atoms with Gasteiger partial charge in [0.2, 0.25) is 5.96 Å². The summed E-state index contributed by atoms with van der Waals surface area (Å²) in [4.78, 5) is 18.2. The number of nitrogens with one attached hydrogen (secondary N) is 1. The van der Waals surface area contributed by atoms with Crippen molar-refractivity contribution < 1.29 is 23.0 Å². The molecule has 8 heteroatoms. The minimum absolute atomic E-state index is 0.0546. The average Bonchev–Trinajstić information content (AvgIpc) is 3.13. The van der Waals surface area contributed by atoms with Gasteiger partial charge in [0.25, 0.3) is 5.91 Å². The van der Waals surface area contributed by atoms with E-state index < -0.39 is 6.29 Å². The van der Waals surface area contributed by atoms with E-state index in [9.17, 15) is 13.6 Å². The number of benzene rings is 2. The van der Waals surface area contributed by atoms with Crippen LogP contribution in [-0.2, 0) is 4.79 Å². The van der Waals surface area contributed by atoms with Gasteiger partial charge in [-0.15, -0.1) is 8.78 Å². The van der Waals surface area contributed by atoms with Crippen LogP contribution in [0.1, 0.15) is 5.56 Å². The molecular weight excluding hydrogens is 344 g/mol. The number of carbonyl (C=O) groups is 1. The van der Waals surface area contributed by atoms with Crippen LogP contribution in [0.25, 0.3) is 6.08 Å². The molecule has 1 amide bonds. The number of fused-ring (bicyclic) bond motifs is 1. The Bertz CT molecular complexity index is 942. The highest BCUT2D eigenvalue weighted by atomic mass is 19.3. The second-order valence-corrected chi connectivity index (χ2v) is 5.69. The molecule has 2 aromatic carbocycles. The molecule has 0 bridgehead atoms. The Kier molecular flexibility index (Phi) is 3.61. The number of rotatable bonds is 2. The first-order chi connectivity index (χ1) is 12.4. The van der Waals surface area contributed by atoms with Gasteiger partial charge >= 0.3 is 6.29 Å². The first kappa shape index (κ1) is 16.1. The van der Waals surface area contributed by atoms with E-state index in [1.165, 1.54) is 24.3 Å². The highest BCUT2D eigenvalue weighted by molar-refractivity contribution is 6.18. The molecule has 0 aromatic heterocycles. The Balaban J connectivity index is 1.60. The number of nitrogens with zero attached hydrogens (tertiary/aromatic N) is 2. The second kappa shape index (κ2) is 5.83. The van der Waals surface area contributed by atoms with Gasteiger partial charge in [0.05, 0.1) is 0 Å². The molecule has 2 aliphatic rings. The summed E-state index contributed by atoms with van der Waals surface area (Å²) in [6, 6.07) is 13.7. The van der Waals surface area contributed by atoms with E-state index in [-0.39, 0.29) is 23.1 Å². The number of alkyl halides is 2. The van der Waals surface area contributed by atoms with Crippen molar-refractivity contribution in [1.29, 1.82) is 0 Å². The van der Waals surface area contributed by atoms with Crippen LogP contribution < -0.4 is 19.7 Å². The number of ether oxygens (including phenoxy) is 2. The van der Waals surface area contributed by atoms with Crippen molar-refractivity contribution in [2.45, 2.75) is 6.29 Å². The fourth-order valence-electron chi connectivity index (χ4n) is 2.60. The largest absolute Gasteiger partial charge is 0.586 e. The lowest BCUT2D eigenvalue weighted by molar-refractivity contribution is -0.286. The van der Waals surface area contributed by atoms with Gasteiger partial charge < -0.3 is 14.4 Å². The van der Waals surface area contributed by atoms with Gasteiger partial charge in [-0.05, 0) is 35.9 Å². The molecular formula is C18H13F2N3O3. The summed E-state index contributed by atoms with van der Waals surface area (Å²) in [5.41, 5.74) is 1.51. The maximum atomic E-state index is 13.1. The average molecular weight is 357 g/mol. The van der Waals surface area contributed by atoms with Gasteiger partial charge in [0.1, 0.15) is 5.70 Å². The Labute approximate surface area is 147 Å². The number of hydrogen-bond donors (Lipinski definition) is 1. The van der Waals surface area contributed by atoms with Gasteiger partial charge in [-0.2, -0.15) is 0 Å². The highest BCUT2D eigenvalue weighted by Crippen LogP contribution is 2.41. The zero-order valence-electron chi connectivity index (χ0n) is 13.6. The Morgan fingerprint density at radius 2 is 1.85 bits per heavy atom. The molecule has 0 radical (unpaired) electrons. The minimum atomic E-state index is -3.68. The first-order valence-corrected chi connectivity index (χ1v) is 7.72. The van der Waals surface area contributed by atoms with Crippen molar-refractivity contribution in [2.24, 2.45) is 4.99 Å². The summed E-state index contributed by atoms with van der Waals surface area (Å²) in [6.07, 6.45) is -2.19. The lowest BCUT2D eigenvalue weighted by atomic mass is 10.1. The molecule has 0 atom stereocenters. The van der Waals surface area contributed by atoms with Gasteiger partial charge in [-0.25, -0.2) is 4.99 Å². The molecule has 0 aliphatic carbocycles. The van der Waals surface area contributed by atoms with Crippen LogP contribution in [0.5, 0.6) is 11.5 Å². The molecule has 2 aliphatic heterocycles. The molecule has 2 aromatic rings.